The third kappa shape index (κ3) is 1.90. The molecule has 5 nitrogen and oxygen atoms in total. The second-order valence-corrected chi connectivity index (χ2v) is 6.12. The van der Waals surface area contributed by atoms with Gasteiger partial charge in [0.05, 0.1) is 12.1 Å². The maximum atomic E-state index is 12.5. The second-order valence-electron chi connectivity index (χ2n) is 5.15. The van der Waals surface area contributed by atoms with E-state index in [-0.39, 0.29) is 18.4 Å². The van der Waals surface area contributed by atoms with Crippen molar-refractivity contribution >= 4 is 23.2 Å². The Bertz CT molecular complexity index is 484. The normalized spacial score (nSPS) is 28.4. The molecule has 1 atom stereocenters. The predicted molar refractivity (Wildman–Crippen MR) is 66.8 cm³/mol. The third-order valence-electron chi connectivity index (χ3n) is 3.69. The molecule has 2 fully saturated rings. The van der Waals surface area contributed by atoms with Crippen LogP contribution in [0, 0.1) is 5.92 Å². The molecular formula is C12H15N3O2S. The van der Waals surface area contributed by atoms with Gasteiger partial charge in [0, 0.05) is 11.1 Å². The lowest BCUT2D eigenvalue weighted by Crippen LogP contribution is -2.66. The number of rotatable bonds is 3. The van der Waals surface area contributed by atoms with Crippen molar-refractivity contribution in [2.45, 2.75) is 31.8 Å². The number of carbonyl (C=O) groups is 2. The molecule has 1 aromatic heterocycles. The standard InChI is InChI=1S/C12H15N3O2S/c1-12(8-2-3-8)11(17)15(6-10(16)14-12)5-9-4-13-7-18-9/h4,7-8H,2-3,5-6H2,1H3,(H,14,16). The smallest absolute Gasteiger partial charge is 0.249 e. The molecule has 1 aromatic rings. The van der Waals surface area contributed by atoms with Crippen LogP contribution >= 0.6 is 11.3 Å². The van der Waals surface area contributed by atoms with Gasteiger partial charge < -0.3 is 10.2 Å². The molecule has 2 amide bonds. The first-order chi connectivity index (χ1) is 8.59. The van der Waals surface area contributed by atoms with E-state index >= 15 is 0 Å². The largest absolute Gasteiger partial charge is 0.340 e. The Labute approximate surface area is 109 Å². The van der Waals surface area contributed by atoms with Crippen LogP contribution < -0.4 is 5.32 Å². The molecule has 0 aromatic carbocycles. The van der Waals surface area contributed by atoms with E-state index in [1.54, 1.807) is 16.6 Å². The highest BCUT2D eigenvalue weighted by Crippen LogP contribution is 2.41. The van der Waals surface area contributed by atoms with Crippen LogP contribution in [0.1, 0.15) is 24.6 Å². The minimum Gasteiger partial charge on any atom is -0.340 e. The van der Waals surface area contributed by atoms with Crippen molar-refractivity contribution in [2.24, 2.45) is 5.92 Å². The fourth-order valence-corrected chi connectivity index (χ4v) is 3.14. The van der Waals surface area contributed by atoms with Crippen molar-refractivity contribution in [2.75, 3.05) is 6.54 Å². The Hall–Kier alpha value is -1.43. The molecule has 0 bridgehead atoms. The minimum absolute atomic E-state index is 0.0398. The Morgan fingerprint density at radius 1 is 1.56 bits per heavy atom. The number of hydrogen-bond donors (Lipinski definition) is 1. The summed E-state index contributed by atoms with van der Waals surface area (Å²) in [6.45, 7) is 2.49. The molecule has 1 saturated carbocycles. The summed E-state index contributed by atoms with van der Waals surface area (Å²) in [7, 11) is 0. The van der Waals surface area contributed by atoms with Crippen LogP contribution in [0.25, 0.3) is 0 Å². The molecule has 2 heterocycles. The maximum absolute atomic E-state index is 12.5. The summed E-state index contributed by atoms with van der Waals surface area (Å²) in [5, 5.41) is 2.87. The van der Waals surface area contributed by atoms with Crippen molar-refractivity contribution < 1.29 is 9.59 Å². The van der Waals surface area contributed by atoms with Gasteiger partial charge >= 0.3 is 0 Å². The molecule has 1 N–H and O–H groups in total. The molecule has 1 unspecified atom stereocenters. The van der Waals surface area contributed by atoms with Crippen LogP contribution in [-0.2, 0) is 16.1 Å². The topological polar surface area (TPSA) is 62.3 Å². The summed E-state index contributed by atoms with van der Waals surface area (Å²) >= 11 is 1.51. The number of nitrogens with one attached hydrogen (secondary N) is 1. The first kappa shape index (κ1) is 11.6. The van der Waals surface area contributed by atoms with Crippen molar-refractivity contribution in [3.8, 4) is 0 Å². The Kier molecular flexibility index (Phi) is 2.62. The van der Waals surface area contributed by atoms with Crippen molar-refractivity contribution in [1.82, 2.24) is 15.2 Å². The predicted octanol–water partition coefficient (Wildman–Crippen LogP) is 0.770. The van der Waals surface area contributed by atoms with Crippen LogP contribution in [0.5, 0.6) is 0 Å². The number of carbonyl (C=O) groups excluding carboxylic acids is 2. The van der Waals surface area contributed by atoms with Gasteiger partial charge in [-0.3, -0.25) is 14.6 Å². The van der Waals surface area contributed by atoms with Crippen LogP contribution in [0.2, 0.25) is 0 Å². The van der Waals surface area contributed by atoms with Crippen molar-refractivity contribution in [3.63, 3.8) is 0 Å². The molecule has 3 rings (SSSR count). The SMILES string of the molecule is CC1(C2CC2)NC(=O)CN(Cc2cncs2)C1=O. The third-order valence-corrected chi connectivity index (χ3v) is 4.45. The summed E-state index contributed by atoms with van der Waals surface area (Å²) in [4.78, 5) is 30.9. The lowest BCUT2D eigenvalue weighted by molar-refractivity contribution is -0.150. The number of aromatic nitrogens is 1. The van der Waals surface area contributed by atoms with E-state index in [9.17, 15) is 9.59 Å². The van der Waals surface area contributed by atoms with Gasteiger partial charge in [0.2, 0.25) is 11.8 Å². The van der Waals surface area contributed by atoms with Crippen molar-refractivity contribution in [3.05, 3.63) is 16.6 Å². The molecule has 18 heavy (non-hydrogen) atoms. The molecule has 0 spiro atoms. The second kappa shape index (κ2) is 4.05. The van der Waals surface area contributed by atoms with Gasteiger partial charge in [-0.2, -0.15) is 0 Å². The fraction of sp³-hybridized carbons (Fsp3) is 0.583. The quantitative estimate of drug-likeness (QED) is 0.878. The first-order valence-electron chi connectivity index (χ1n) is 6.07. The molecule has 1 aliphatic carbocycles. The summed E-state index contributed by atoms with van der Waals surface area (Å²) in [6, 6.07) is 0. The molecular weight excluding hydrogens is 250 g/mol. The van der Waals surface area contributed by atoms with E-state index in [0.717, 1.165) is 17.7 Å². The molecule has 1 saturated heterocycles. The molecule has 96 valence electrons. The molecule has 2 aliphatic rings. The first-order valence-corrected chi connectivity index (χ1v) is 6.95. The number of amides is 2. The van der Waals surface area contributed by atoms with E-state index in [4.69, 9.17) is 0 Å². The zero-order valence-electron chi connectivity index (χ0n) is 10.2. The lowest BCUT2D eigenvalue weighted by atomic mass is 9.91. The van der Waals surface area contributed by atoms with Gasteiger partial charge in [0.25, 0.3) is 0 Å². The van der Waals surface area contributed by atoms with Gasteiger partial charge in [-0.25, -0.2) is 0 Å². The molecule has 1 aliphatic heterocycles. The lowest BCUT2D eigenvalue weighted by Gasteiger charge is -2.39. The van der Waals surface area contributed by atoms with Gasteiger partial charge in [0.1, 0.15) is 12.1 Å². The summed E-state index contributed by atoms with van der Waals surface area (Å²) in [5.74, 6) is 0.282. The van der Waals surface area contributed by atoms with Gasteiger partial charge in [0.15, 0.2) is 0 Å². The number of piperazine rings is 1. The zero-order valence-corrected chi connectivity index (χ0v) is 11.0. The number of thiazole rings is 1. The van der Waals surface area contributed by atoms with Crippen LogP contribution in [-0.4, -0.2) is 33.8 Å². The number of hydrogen-bond acceptors (Lipinski definition) is 4. The average Bonchev–Trinajstić information content (AvgIpc) is 3.06. The van der Waals surface area contributed by atoms with Crippen molar-refractivity contribution in [1.29, 1.82) is 0 Å². The van der Waals surface area contributed by atoms with Gasteiger partial charge in [-0.15, -0.1) is 11.3 Å². The fourth-order valence-electron chi connectivity index (χ4n) is 2.53. The van der Waals surface area contributed by atoms with E-state index in [0.29, 0.717) is 12.5 Å². The van der Waals surface area contributed by atoms with E-state index < -0.39 is 5.54 Å². The Morgan fingerprint density at radius 3 is 2.94 bits per heavy atom. The Balaban J connectivity index is 1.81. The highest BCUT2D eigenvalue weighted by Gasteiger charge is 2.52. The minimum atomic E-state index is -0.694. The highest BCUT2D eigenvalue weighted by atomic mass is 32.1. The summed E-state index contributed by atoms with van der Waals surface area (Å²) in [5.41, 5.74) is 1.05. The van der Waals surface area contributed by atoms with E-state index in [1.807, 2.05) is 6.92 Å². The molecule has 0 radical (unpaired) electrons. The van der Waals surface area contributed by atoms with Gasteiger partial charge in [-0.1, -0.05) is 0 Å². The maximum Gasteiger partial charge on any atom is 0.249 e. The molecule has 6 heteroatoms. The van der Waals surface area contributed by atoms with E-state index in [2.05, 4.69) is 10.3 Å². The monoisotopic (exact) mass is 265 g/mol. The van der Waals surface area contributed by atoms with Gasteiger partial charge in [-0.05, 0) is 25.7 Å². The van der Waals surface area contributed by atoms with E-state index in [1.165, 1.54) is 11.3 Å². The highest BCUT2D eigenvalue weighted by molar-refractivity contribution is 7.09. The average molecular weight is 265 g/mol. The zero-order chi connectivity index (χ0) is 12.8. The van der Waals surface area contributed by atoms with Crippen LogP contribution in [0.15, 0.2) is 11.7 Å². The number of nitrogens with zero attached hydrogens (tertiary/aromatic N) is 2. The summed E-state index contributed by atoms with van der Waals surface area (Å²) in [6.07, 6.45) is 3.80. The summed E-state index contributed by atoms with van der Waals surface area (Å²) < 4.78 is 0. The van der Waals surface area contributed by atoms with Crippen LogP contribution in [0.4, 0.5) is 0 Å². The van der Waals surface area contributed by atoms with Crippen LogP contribution in [0.3, 0.4) is 0 Å². The Morgan fingerprint density at radius 2 is 2.33 bits per heavy atom.